The van der Waals surface area contributed by atoms with Crippen LogP contribution in [0.4, 0.5) is 0 Å². The number of benzene rings is 2. The Bertz CT molecular complexity index is 1260. The first-order valence-electron chi connectivity index (χ1n) is 10.6. The number of hydrazone groups is 1. The molecule has 2 aromatic heterocycles. The number of rotatable bonds is 7. The highest BCUT2D eigenvalue weighted by atomic mass is 16.5. The quantitative estimate of drug-likeness (QED) is 0.343. The summed E-state index contributed by atoms with van der Waals surface area (Å²) >= 11 is 0. The van der Waals surface area contributed by atoms with E-state index in [1.54, 1.807) is 23.2 Å². The van der Waals surface area contributed by atoms with Crippen LogP contribution in [0.25, 0.3) is 22.2 Å². The topological polar surface area (TPSA) is 81.4 Å². The SMILES string of the molecule is CCn1cc(/C=N/NC(=O)c2cc(-c3ccc(OC(C)C)cc3)nc3ccccc23)cn1. The highest BCUT2D eigenvalue weighted by molar-refractivity contribution is 6.07. The van der Waals surface area contributed by atoms with Crippen LogP contribution in [0.2, 0.25) is 0 Å². The van der Waals surface area contributed by atoms with E-state index < -0.39 is 0 Å². The van der Waals surface area contributed by atoms with Crippen LogP contribution < -0.4 is 10.2 Å². The van der Waals surface area contributed by atoms with Crippen LogP contribution in [-0.4, -0.2) is 33.0 Å². The van der Waals surface area contributed by atoms with Crippen molar-refractivity contribution < 1.29 is 9.53 Å². The van der Waals surface area contributed by atoms with Gasteiger partial charge in [-0.2, -0.15) is 10.2 Å². The Morgan fingerprint density at radius 2 is 1.97 bits per heavy atom. The maximum Gasteiger partial charge on any atom is 0.272 e. The van der Waals surface area contributed by atoms with Crippen molar-refractivity contribution in [2.75, 3.05) is 0 Å². The van der Waals surface area contributed by atoms with Crippen molar-refractivity contribution >= 4 is 23.0 Å². The van der Waals surface area contributed by atoms with Gasteiger partial charge in [0.05, 0.1) is 35.3 Å². The van der Waals surface area contributed by atoms with E-state index in [0.717, 1.165) is 34.3 Å². The van der Waals surface area contributed by atoms with E-state index in [4.69, 9.17) is 9.72 Å². The van der Waals surface area contributed by atoms with Crippen LogP contribution >= 0.6 is 0 Å². The van der Waals surface area contributed by atoms with Crippen LogP contribution in [0.15, 0.2) is 72.1 Å². The van der Waals surface area contributed by atoms with Crippen molar-refractivity contribution in [2.45, 2.75) is 33.4 Å². The smallest absolute Gasteiger partial charge is 0.272 e. The summed E-state index contributed by atoms with van der Waals surface area (Å²) in [5.74, 6) is 0.493. The number of hydrogen-bond acceptors (Lipinski definition) is 5. The predicted octanol–water partition coefficient (Wildman–Crippen LogP) is 4.67. The zero-order valence-electron chi connectivity index (χ0n) is 18.3. The van der Waals surface area contributed by atoms with Crippen molar-refractivity contribution in [2.24, 2.45) is 5.10 Å². The molecule has 4 rings (SSSR count). The highest BCUT2D eigenvalue weighted by Gasteiger charge is 2.14. The molecule has 1 amide bonds. The van der Waals surface area contributed by atoms with Crippen LogP contribution in [0.5, 0.6) is 5.75 Å². The van der Waals surface area contributed by atoms with Crippen molar-refractivity contribution in [1.29, 1.82) is 0 Å². The first kappa shape index (κ1) is 21.2. The molecule has 0 aliphatic rings. The molecule has 2 aromatic carbocycles. The van der Waals surface area contributed by atoms with E-state index in [0.29, 0.717) is 11.3 Å². The fraction of sp³-hybridized carbons (Fsp3) is 0.200. The average Bonchev–Trinajstić information content (AvgIpc) is 3.26. The van der Waals surface area contributed by atoms with Gasteiger partial charge >= 0.3 is 0 Å². The number of aromatic nitrogens is 3. The third-order valence-electron chi connectivity index (χ3n) is 4.84. The molecular weight excluding hydrogens is 402 g/mol. The molecule has 7 heteroatoms. The summed E-state index contributed by atoms with van der Waals surface area (Å²) < 4.78 is 7.52. The summed E-state index contributed by atoms with van der Waals surface area (Å²) in [6.07, 6.45) is 5.25. The van der Waals surface area contributed by atoms with Gasteiger partial charge in [0, 0.05) is 29.3 Å². The Hall–Kier alpha value is -4.00. The molecule has 1 N–H and O–H groups in total. The minimum absolute atomic E-state index is 0.104. The molecule has 0 aliphatic carbocycles. The maximum atomic E-state index is 13.0. The minimum atomic E-state index is -0.302. The lowest BCUT2D eigenvalue weighted by molar-refractivity contribution is 0.0956. The molecule has 2 heterocycles. The van der Waals surface area contributed by atoms with E-state index in [2.05, 4.69) is 15.6 Å². The molecule has 7 nitrogen and oxygen atoms in total. The Morgan fingerprint density at radius 1 is 1.19 bits per heavy atom. The summed E-state index contributed by atoms with van der Waals surface area (Å²) in [6.45, 7) is 6.76. The monoisotopic (exact) mass is 427 g/mol. The normalized spacial score (nSPS) is 11.4. The second-order valence-electron chi connectivity index (χ2n) is 7.59. The van der Waals surface area contributed by atoms with Gasteiger partial charge < -0.3 is 4.74 Å². The molecule has 162 valence electrons. The molecule has 0 saturated carbocycles. The maximum absolute atomic E-state index is 13.0. The summed E-state index contributed by atoms with van der Waals surface area (Å²) in [7, 11) is 0. The van der Waals surface area contributed by atoms with Gasteiger partial charge in [-0.3, -0.25) is 9.48 Å². The van der Waals surface area contributed by atoms with Gasteiger partial charge in [0.2, 0.25) is 0 Å². The summed E-state index contributed by atoms with van der Waals surface area (Å²) in [5, 5.41) is 9.06. The van der Waals surface area contributed by atoms with Gasteiger partial charge in [0.25, 0.3) is 5.91 Å². The molecule has 0 aliphatic heterocycles. The van der Waals surface area contributed by atoms with Crippen molar-refractivity contribution in [3.8, 4) is 17.0 Å². The number of pyridine rings is 1. The van der Waals surface area contributed by atoms with Crippen molar-refractivity contribution in [3.63, 3.8) is 0 Å². The Morgan fingerprint density at radius 3 is 2.69 bits per heavy atom. The van der Waals surface area contributed by atoms with Gasteiger partial charge in [0.15, 0.2) is 0 Å². The Labute approximate surface area is 186 Å². The highest BCUT2D eigenvalue weighted by Crippen LogP contribution is 2.26. The number of aryl methyl sites for hydroxylation is 1. The lowest BCUT2D eigenvalue weighted by Crippen LogP contribution is -2.18. The van der Waals surface area contributed by atoms with Crippen molar-refractivity contribution in [1.82, 2.24) is 20.2 Å². The number of ether oxygens (including phenoxy) is 1. The van der Waals surface area contributed by atoms with Crippen LogP contribution in [0.3, 0.4) is 0 Å². The first-order valence-corrected chi connectivity index (χ1v) is 10.6. The number of fused-ring (bicyclic) bond motifs is 1. The molecule has 0 fully saturated rings. The average molecular weight is 428 g/mol. The number of carbonyl (C=O) groups is 1. The number of nitrogens with zero attached hydrogens (tertiary/aromatic N) is 4. The van der Waals surface area contributed by atoms with Gasteiger partial charge in [-0.1, -0.05) is 18.2 Å². The van der Waals surface area contributed by atoms with Crippen LogP contribution in [0, 0.1) is 0 Å². The molecule has 0 bridgehead atoms. The zero-order valence-corrected chi connectivity index (χ0v) is 18.3. The molecule has 32 heavy (non-hydrogen) atoms. The third kappa shape index (κ3) is 4.83. The van der Waals surface area contributed by atoms with Gasteiger partial charge in [0.1, 0.15) is 5.75 Å². The van der Waals surface area contributed by atoms with E-state index in [1.165, 1.54) is 0 Å². The second kappa shape index (κ2) is 9.43. The lowest BCUT2D eigenvalue weighted by Gasteiger charge is -2.11. The molecule has 4 aromatic rings. The minimum Gasteiger partial charge on any atom is -0.491 e. The van der Waals surface area contributed by atoms with E-state index in [-0.39, 0.29) is 12.0 Å². The number of carbonyl (C=O) groups excluding carboxylic acids is 1. The standard InChI is InChI=1S/C25H25N5O2/c1-4-30-16-18(15-27-30)14-26-29-25(31)22-13-24(28-23-8-6-5-7-21(22)23)19-9-11-20(12-10-19)32-17(2)3/h5-17H,4H2,1-3H3,(H,29,31)/b26-14+. The zero-order chi connectivity index (χ0) is 22.5. The Kier molecular flexibility index (Phi) is 6.26. The Balaban J connectivity index is 1.62. The number of amides is 1. The number of hydrogen-bond donors (Lipinski definition) is 1. The number of para-hydroxylation sites is 1. The van der Waals surface area contributed by atoms with E-state index in [9.17, 15) is 4.79 Å². The summed E-state index contributed by atoms with van der Waals surface area (Å²) in [4.78, 5) is 17.7. The second-order valence-corrected chi connectivity index (χ2v) is 7.59. The molecule has 0 saturated heterocycles. The molecule has 0 unspecified atom stereocenters. The van der Waals surface area contributed by atoms with Gasteiger partial charge in [-0.25, -0.2) is 10.4 Å². The van der Waals surface area contributed by atoms with Crippen LogP contribution in [0.1, 0.15) is 36.7 Å². The summed E-state index contributed by atoms with van der Waals surface area (Å²) in [6, 6.07) is 17.1. The lowest BCUT2D eigenvalue weighted by atomic mass is 10.0. The number of nitrogens with one attached hydrogen (secondary N) is 1. The fourth-order valence-corrected chi connectivity index (χ4v) is 3.33. The molecule has 0 atom stereocenters. The molecule has 0 radical (unpaired) electrons. The predicted molar refractivity (Wildman–Crippen MR) is 126 cm³/mol. The van der Waals surface area contributed by atoms with Gasteiger partial charge in [-0.05, 0) is 57.2 Å². The van der Waals surface area contributed by atoms with Crippen LogP contribution in [-0.2, 0) is 6.54 Å². The molecule has 0 spiro atoms. The fourth-order valence-electron chi connectivity index (χ4n) is 3.33. The van der Waals surface area contributed by atoms with E-state index >= 15 is 0 Å². The third-order valence-corrected chi connectivity index (χ3v) is 4.84. The molecular formula is C25H25N5O2. The van der Waals surface area contributed by atoms with Gasteiger partial charge in [-0.15, -0.1) is 0 Å². The largest absolute Gasteiger partial charge is 0.491 e. The van der Waals surface area contributed by atoms with E-state index in [1.807, 2.05) is 75.5 Å². The summed E-state index contributed by atoms with van der Waals surface area (Å²) in [5.41, 5.74) is 6.29. The first-order chi connectivity index (χ1) is 15.5. The van der Waals surface area contributed by atoms with Crippen molar-refractivity contribution in [3.05, 3.63) is 78.1 Å².